The van der Waals surface area contributed by atoms with Crippen molar-refractivity contribution in [3.63, 3.8) is 0 Å². The van der Waals surface area contributed by atoms with Gasteiger partial charge in [-0.05, 0) is 36.2 Å². The van der Waals surface area contributed by atoms with Crippen LogP contribution in [0.1, 0.15) is 24.1 Å². The van der Waals surface area contributed by atoms with Gasteiger partial charge in [0.05, 0.1) is 11.7 Å². The lowest BCUT2D eigenvalue weighted by Gasteiger charge is -2.29. The van der Waals surface area contributed by atoms with Crippen molar-refractivity contribution in [1.82, 2.24) is 0 Å². The Bertz CT molecular complexity index is 586. The third-order valence-electron chi connectivity index (χ3n) is 3.50. The predicted molar refractivity (Wildman–Crippen MR) is 87.3 cm³/mol. The van der Waals surface area contributed by atoms with Gasteiger partial charge in [-0.2, -0.15) is 0 Å². The molecule has 1 unspecified atom stereocenters. The molecule has 0 saturated heterocycles. The monoisotopic (exact) mass is 355 g/mol. The Morgan fingerprint density at radius 1 is 1.20 bits per heavy atom. The van der Waals surface area contributed by atoms with Crippen LogP contribution in [0, 0.1) is 5.82 Å². The highest BCUT2D eigenvalue weighted by atomic mass is 79.9. The fourth-order valence-electron chi connectivity index (χ4n) is 2.22. The van der Waals surface area contributed by atoms with E-state index < -0.39 is 0 Å². The molecule has 0 saturated carbocycles. The molecule has 0 N–H and O–H groups in total. The molecule has 0 aliphatic heterocycles. The van der Waals surface area contributed by atoms with Gasteiger partial charge in [0.1, 0.15) is 5.82 Å². The average Bonchev–Trinajstić information content (AvgIpc) is 2.46. The van der Waals surface area contributed by atoms with E-state index in [4.69, 9.17) is 11.6 Å². The molecule has 2 rings (SSSR count). The van der Waals surface area contributed by atoms with E-state index >= 15 is 0 Å². The summed E-state index contributed by atoms with van der Waals surface area (Å²) in [6.45, 7) is 2.05. The van der Waals surface area contributed by atoms with Crippen LogP contribution in [0.15, 0.2) is 42.5 Å². The second-order valence-corrected chi connectivity index (χ2v) is 5.72. The Hall–Kier alpha value is -1.06. The number of halogens is 3. The fraction of sp³-hybridized carbons (Fsp3) is 0.250. The van der Waals surface area contributed by atoms with Gasteiger partial charge in [-0.1, -0.05) is 51.8 Å². The van der Waals surface area contributed by atoms with E-state index in [0.29, 0.717) is 16.0 Å². The second kappa shape index (κ2) is 6.59. The Kier molecular flexibility index (Phi) is 5.06. The van der Waals surface area contributed by atoms with E-state index in [1.807, 2.05) is 49.2 Å². The zero-order chi connectivity index (χ0) is 14.7. The molecule has 0 fully saturated rings. The number of para-hydroxylation sites is 1. The van der Waals surface area contributed by atoms with Crippen molar-refractivity contribution in [2.75, 3.05) is 11.9 Å². The largest absolute Gasteiger partial charge is 0.365 e. The third-order valence-corrected chi connectivity index (χ3v) is 4.36. The first kappa shape index (κ1) is 15.3. The van der Waals surface area contributed by atoms with Crippen LogP contribution in [0.3, 0.4) is 0 Å². The van der Waals surface area contributed by atoms with Gasteiger partial charge in [0, 0.05) is 17.4 Å². The van der Waals surface area contributed by atoms with E-state index in [-0.39, 0.29) is 11.9 Å². The first-order chi connectivity index (χ1) is 9.54. The minimum absolute atomic E-state index is 0.0574. The summed E-state index contributed by atoms with van der Waals surface area (Å²) in [6.07, 6.45) is 0. The first-order valence-electron chi connectivity index (χ1n) is 6.36. The summed E-state index contributed by atoms with van der Waals surface area (Å²) in [5.41, 5.74) is 2.67. The number of anilines is 1. The van der Waals surface area contributed by atoms with Crippen LogP contribution in [-0.2, 0) is 5.33 Å². The van der Waals surface area contributed by atoms with Crippen LogP contribution < -0.4 is 4.90 Å². The van der Waals surface area contributed by atoms with Crippen molar-refractivity contribution >= 4 is 33.2 Å². The van der Waals surface area contributed by atoms with Crippen LogP contribution in [0.2, 0.25) is 5.02 Å². The maximum Gasteiger partial charge on any atom is 0.146 e. The first-order valence-corrected chi connectivity index (χ1v) is 7.86. The Morgan fingerprint density at radius 3 is 2.45 bits per heavy atom. The third kappa shape index (κ3) is 3.15. The quantitative estimate of drug-likeness (QED) is 0.647. The predicted octanol–water partition coefficient (Wildman–Crippen LogP) is 5.57. The van der Waals surface area contributed by atoms with Gasteiger partial charge < -0.3 is 4.90 Å². The maximum absolute atomic E-state index is 14.1. The lowest BCUT2D eigenvalue weighted by molar-refractivity contribution is 0.610. The summed E-state index contributed by atoms with van der Waals surface area (Å²) < 4.78 is 14.1. The van der Waals surface area contributed by atoms with E-state index in [1.54, 1.807) is 6.07 Å². The molecule has 0 radical (unpaired) electrons. The maximum atomic E-state index is 14.1. The lowest BCUT2D eigenvalue weighted by atomic mass is 10.1. The highest BCUT2D eigenvalue weighted by Crippen LogP contribution is 2.32. The highest BCUT2D eigenvalue weighted by Gasteiger charge is 2.18. The van der Waals surface area contributed by atoms with Crippen molar-refractivity contribution in [2.24, 2.45) is 0 Å². The van der Waals surface area contributed by atoms with Gasteiger partial charge in [0.2, 0.25) is 0 Å². The van der Waals surface area contributed by atoms with Crippen molar-refractivity contribution in [1.29, 1.82) is 0 Å². The molecule has 1 nitrogen and oxygen atoms in total. The molecule has 1 atom stereocenters. The standard InChI is InChI=1S/C16H16BrClFN/c1-11(12-6-8-14(18)9-7-12)20(2)16-13(10-17)4-3-5-15(16)19/h3-9,11H,10H2,1-2H3. The average molecular weight is 357 g/mol. The van der Waals surface area contributed by atoms with Gasteiger partial charge in [-0.15, -0.1) is 0 Å². The highest BCUT2D eigenvalue weighted by molar-refractivity contribution is 9.08. The number of benzene rings is 2. The number of hydrogen-bond donors (Lipinski definition) is 0. The molecular formula is C16H16BrClFN. The van der Waals surface area contributed by atoms with E-state index in [2.05, 4.69) is 15.9 Å². The molecule has 2 aromatic rings. The molecule has 0 aliphatic carbocycles. The Labute approximate surface area is 132 Å². The minimum atomic E-state index is -0.203. The molecule has 0 spiro atoms. The number of alkyl halides is 1. The zero-order valence-corrected chi connectivity index (χ0v) is 13.7. The molecule has 0 heterocycles. The molecule has 2 aromatic carbocycles. The summed E-state index contributed by atoms with van der Waals surface area (Å²) in [7, 11) is 1.91. The van der Waals surface area contributed by atoms with Gasteiger partial charge >= 0.3 is 0 Å². The second-order valence-electron chi connectivity index (χ2n) is 4.72. The molecule has 0 aromatic heterocycles. The van der Waals surface area contributed by atoms with Gasteiger partial charge in [0.25, 0.3) is 0 Å². The Morgan fingerprint density at radius 2 is 1.85 bits per heavy atom. The van der Waals surface area contributed by atoms with Crippen molar-refractivity contribution in [2.45, 2.75) is 18.3 Å². The topological polar surface area (TPSA) is 3.24 Å². The molecule has 106 valence electrons. The van der Waals surface area contributed by atoms with Crippen LogP contribution >= 0.6 is 27.5 Å². The van der Waals surface area contributed by atoms with Crippen LogP contribution in [0.4, 0.5) is 10.1 Å². The number of nitrogens with zero attached hydrogens (tertiary/aromatic N) is 1. The summed E-state index contributed by atoms with van der Waals surface area (Å²) in [5, 5.41) is 1.33. The fourth-order valence-corrected chi connectivity index (χ4v) is 2.80. The van der Waals surface area contributed by atoms with Crippen molar-refractivity contribution in [3.8, 4) is 0 Å². The zero-order valence-electron chi connectivity index (χ0n) is 11.4. The van der Waals surface area contributed by atoms with Crippen LogP contribution in [0.5, 0.6) is 0 Å². The molecule has 0 aliphatic rings. The van der Waals surface area contributed by atoms with Crippen LogP contribution in [0.25, 0.3) is 0 Å². The van der Waals surface area contributed by atoms with Crippen molar-refractivity contribution < 1.29 is 4.39 Å². The van der Waals surface area contributed by atoms with E-state index in [9.17, 15) is 4.39 Å². The van der Waals surface area contributed by atoms with Crippen molar-refractivity contribution in [3.05, 3.63) is 64.4 Å². The summed E-state index contributed by atoms with van der Waals surface area (Å²) in [4.78, 5) is 1.95. The van der Waals surface area contributed by atoms with Gasteiger partial charge in [0.15, 0.2) is 0 Å². The van der Waals surface area contributed by atoms with Gasteiger partial charge in [-0.3, -0.25) is 0 Å². The lowest BCUT2D eigenvalue weighted by Crippen LogP contribution is -2.23. The smallest absolute Gasteiger partial charge is 0.146 e. The minimum Gasteiger partial charge on any atom is -0.365 e. The molecule has 4 heteroatoms. The van der Waals surface area contributed by atoms with E-state index in [0.717, 1.165) is 11.1 Å². The molecule has 0 bridgehead atoms. The molecular weight excluding hydrogens is 341 g/mol. The summed E-state index contributed by atoms with van der Waals surface area (Å²) in [5.74, 6) is -0.203. The van der Waals surface area contributed by atoms with Crippen LogP contribution in [-0.4, -0.2) is 7.05 Å². The molecule has 0 amide bonds. The summed E-state index contributed by atoms with van der Waals surface area (Å²) >= 11 is 9.32. The Balaban J connectivity index is 2.35. The molecule has 20 heavy (non-hydrogen) atoms. The SMILES string of the molecule is CC(c1ccc(Cl)cc1)N(C)c1c(F)cccc1CBr. The summed E-state index contributed by atoms with van der Waals surface area (Å²) in [6, 6.07) is 12.9. The van der Waals surface area contributed by atoms with E-state index in [1.165, 1.54) is 6.07 Å². The number of hydrogen-bond acceptors (Lipinski definition) is 1. The van der Waals surface area contributed by atoms with Gasteiger partial charge in [-0.25, -0.2) is 4.39 Å². The normalized spacial score (nSPS) is 12.2. The number of rotatable bonds is 4.